The van der Waals surface area contributed by atoms with E-state index in [-0.39, 0.29) is 11.8 Å². The summed E-state index contributed by atoms with van der Waals surface area (Å²) in [6.07, 6.45) is 1.05. The first-order valence-corrected chi connectivity index (χ1v) is 4.87. The molecule has 0 fully saturated rings. The van der Waals surface area contributed by atoms with E-state index in [2.05, 4.69) is 12.2 Å². The van der Waals surface area contributed by atoms with Crippen molar-refractivity contribution in [1.29, 1.82) is 0 Å². The number of aromatic hydroxyl groups is 1. The normalized spacial score (nSPS) is 12.8. The van der Waals surface area contributed by atoms with Crippen molar-refractivity contribution < 1.29 is 9.50 Å². The van der Waals surface area contributed by atoms with Crippen LogP contribution < -0.4 is 5.32 Å². The van der Waals surface area contributed by atoms with Gasteiger partial charge in [-0.05, 0) is 37.6 Å². The first-order chi connectivity index (χ1) is 6.65. The van der Waals surface area contributed by atoms with Crippen LogP contribution in [0.4, 0.5) is 4.39 Å². The minimum atomic E-state index is -0.562. The van der Waals surface area contributed by atoms with Crippen LogP contribution in [-0.4, -0.2) is 11.7 Å². The van der Waals surface area contributed by atoms with Gasteiger partial charge >= 0.3 is 0 Å². The Morgan fingerprint density at radius 2 is 2.21 bits per heavy atom. The van der Waals surface area contributed by atoms with Gasteiger partial charge in [-0.25, -0.2) is 4.39 Å². The lowest BCUT2D eigenvalue weighted by molar-refractivity contribution is 0.430. The number of nitrogens with one attached hydrogen (secondary N) is 1. The van der Waals surface area contributed by atoms with Gasteiger partial charge in [-0.3, -0.25) is 0 Å². The highest BCUT2D eigenvalue weighted by atomic mass is 19.1. The summed E-state index contributed by atoms with van der Waals surface area (Å²) in [5.41, 5.74) is 0.855. The van der Waals surface area contributed by atoms with E-state index < -0.39 is 5.82 Å². The maximum atomic E-state index is 13.0. The Kier molecular flexibility index (Phi) is 3.89. The fourth-order valence-corrected chi connectivity index (χ4v) is 1.27. The maximum Gasteiger partial charge on any atom is 0.165 e. The van der Waals surface area contributed by atoms with Crippen molar-refractivity contribution in [3.63, 3.8) is 0 Å². The lowest BCUT2D eigenvalue weighted by atomic mass is 10.1. The molecule has 0 amide bonds. The van der Waals surface area contributed by atoms with E-state index in [1.165, 1.54) is 12.1 Å². The molecule has 0 heterocycles. The summed E-state index contributed by atoms with van der Waals surface area (Å²) >= 11 is 0. The lowest BCUT2D eigenvalue weighted by Crippen LogP contribution is -2.19. The fraction of sp³-hybridized carbons (Fsp3) is 0.455. The first kappa shape index (κ1) is 11.0. The summed E-state index contributed by atoms with van der Waals surface area (Å²) < 4.78 is 13.0. The third-order valence-electron chi connectivity index (χ3n) is 2.17. The van der Waals surface area contributed by atoms with Crippen molar-refractivity contribution in [1.82, 2.24) is 5.32 Å². The van der Waals surface area contributed by atoms with Crippen LogP contribution in [-0.2, 0) is 0 Å². The topological polar surface area (TPSA) is 32.3 Å². The molecule has 0 aliphatic carbocycles. The van der Waals surface area contributed by atoms with Crippen LogP contribution in [0.3, 0.4) is 0 Å². The molecule has 1 aromatic rings. The molecule has 14 heavy (non-hydrogen) atoms. The zero-order chi connectivity index (χ0) is 10.6. The van der Waals surface area contributed by atoms with Crippen molar-refractivity contribution in [2.75, 3.05) is 6.54 Å². The second-order valence-electron chi connectivity index (χ2n) is 3.39. The second-order valence-corrected chi connectivity index (χ2v) is 3.39. The molecule has 0 aromatic heterocycles. The molecule has 1 aromatic carbocycles. The Bertz CT molecular complexity index is 301. The number of hydrogen-bond donors (Lipinski definition) is 2. The summed E-state index contributed by atoms with van der Waals surface area (Å²) in [6.45, 7) is 4.96. The van der Waals surface area contributed by atoms with Gasteiger partial charge in [0.1, 0.15) is 0 Å². The zero-order valence-electron chi connectivity index (χ0n) is 8.55. The molecular weight excluding hydrogens is 181 g/mol. The van der Waals surface area contributed by atoms with Gasteiger partial charge in [0, 0.05) is 6.04 Å². The first-order valence-electron chi connectivity index (χ1n) is 4.87. The molecule has 2 N–H and O–H groups in total. The van der Waals surface area contributed by atoms with Gasteiger partial charge in [-0.2, -0.15) is 0 Å². The van der Waals surface area contributed by atoms with Crippen LogP contribution in [0.15, 0.2) is 18.2 Å². The summed E-state index contributed by atoms with van der Waals surface area (Å²) in [5.74, 6) is -0.857. The quantitative estimate of drug-likeness (QED) is 0.777. The van der Waals surface area contributed by atoms with Crippen LogP contribution in [0.2, 0.25) is 0 Å². The number of phenols is 1. The molecule has 0 spiro atoms. The third-order valence-corrected chi connectivity index (χ3v) is 2.17. The van der Waals surface area contributed by atoms with Gasteiger partial charge in [0.05, 0.1) is 0 Å². The van der Waals surface area contributed by atoms with E-state index in [0.29, 0.717) is 0 Å². The van der Waals surface area contributed by atoms with Crippen LogP contribution >= 0.6 is 0 Å². The van der Waals surface area contributed by atoms with E-state index in [4.69, 9.17) is 5.11 Å². The SMILES string of the molecule is CCCN[C@@H](C)c1ccc(O)c(F)c1. The smallest absolute Gasteiger partial charge is 0.165 e. The minimum Gasteiger partial charge on any atom is -0.505 e. The van der Waals surface area contributed by atoms with Crippen molar-refractivity contribution in [3.8, 4) is 5.75 Å². The van der Waals surface area contributed by atoms with Gasteiger partial charge in [0.15, 0.2) is 11.6 Å². The number of phenolic OH excluding ortho intramolecular Hbond substituents is 1. The van der Waals surface area contributed by atoms with Gasteiger partial charge in [-0.1, -0.05) is 13.0 Å². The minimum absolute atomic E-state index is 0.116. The predicted molar refractivity (Wildman–Crippen MR) is 54.8 cm³/mol. The van der Waals surface area contributed by atoms with E-state index >= 15 is 0 Å². The van der Waals surface area contributed by atoms with Crippen LogP contribution in [0.1, 0.15) is 31.9 Å². The van der Waals surface area contributed by atoms with Crippen molar-refractivity contribution >= 4 is 0 Å². The van der Waals surface area contributed by atoms with Gasteiger partial charge in [0.2, 0.25) is 0 Å². The second kappa shape index (κ2) is 4.96. The summed E-state index contributed by atoms with van der Waals surface area (Å²) in [7, 11) is 0. The van der Waals surface area contributed by atoms with Crippen LogP contribution in [0.5, 0.6) is 5.75 Å². The molecule has 0 saturated heterocycles. The fourth-order valence-electron chi connectivity index (χ4n) is 1.27. The highest BCUT2D eigenvalue weighted by Crippen LogP contribution is 2.20. The van der Waals surface area contributed by atoms with Crippen molar-refractivity contribution in [2.24, 2.45) is 0 Å². The summed E-state index contributed by atoms with van der Waals surface area (Å²) in [6, 6.07) is 4.59. The molecule has 78 valence electrons. The van der Waals surface area contributed by atoms with Crippen molar-refractivity contribution in [2.45, 2.75) is 26.3 Å². The molecule has 2 nitrogen and oxygen atoms in total. The summed E-state index contributed by atoms with van der Waals surface area (Å²) in [5, 5.41) is 12.3. The van der Waals surface area contributed by atoms with Crippen LogP contribution in [0, 0.1) is 5.82 Å². The Morgan fingerprint density at radius 3 is 2.79 bits per heavy atom. The highest BCUT2D eigenvalue weighted by Gasteiger charge is 2.07. The Balaban J connectivity index is 2.70. The Labute approximate surface area is 83.8 Å². The standard InChI is InChI=1S/C11H16FNO/c1-3-6-13-8(2)9-4-5-11(14)10(12)7-9/h4-5,7-8,13-14H,3,6H2,1-2H3/t8-/m0/s1. The molecule has 0 radical (unpaired) electrons. The monoisotopic (exact) mass is 197 g/mol. The average molecular weight is 197 g/mol. The Morgan fingerprint density at radius 1 is 1.50 bits per heavy atom. The van der Waals surface area contributed by atoms with E-state index in [9.17, 15) is 4.39 Å². The Hall–Kier alpha value is -1.09. The molecule has 0 aliphatic heterocycles. The number of halogens is 1. The number of benzene rings is 1. The van der Waals surface area contributed by atoms with Crippen molar-refractivity contribution in [3.05, 3.63) is 29.6 Å². The lowest BCUT2D eigenvalue weighted by Gasteiger charge is -2.13. The molecule has 0 unspecified atom stereocenters. The van der Waals surface area contributed by atoms with Gasteiger partial charge < -0.3 is 10.4 Å². The molecule has 1 rings (SSSR count). The van der Waals surface area contributed by atoms with E-state index in [1.807, 2.05) is 6.92 Å². The van der Waals surface area contributed by atoms with Gasteiger partial charge in [-0.15, -0.1) is 0 Å². The highest BCUT2D eigenvalue weighted by molar-refractivity contribution is 5.29. The zero-order valence-corrected chi connectivity index (χ0v) is 8.55. The molecule has 1 atom stereocenters. The van der Waals surface area contributed by atoms with E-state index in [0.717, 1.165) is 18.5 Å². The van der Waals surface area contributed by atoms with Crippen LogP contribution in [0.25, 0.3) is 0 Å². The number of rotatable bonds is 4. The maximum absolute atomic E-state index is 13.0. The molecule has 0 saturated carbocycles. The molecule has 0 aliphatic rings. The number of hydrogen-bond acceptors (Lipinski definition) is 2. The predicted octanol–water partition coefficient (Wildman–Crippen LogP) is 2.59. The average Bonchev–Trinajstić information content (AvgIpc) is 2.18. The summed E-state index contributed by atoms with van der Waals surface area (Å²) in [4.78, 5) is 0. The molecular formula is C11H16FNO. The molecule has 3 heteroatoms. The van der Waals surface area contributed by atoms with Gasteiger partial charge in [0.25, 0.3) is 0 Å². The largest absolute Gasteiger partial charge is 0.505 e. The third kappa shape index (κ3) is 2.70. The molecule has 0 bridgehead atoms. The van der Waals surface area contributed by atoms with E-state index in [1.54, 1.807) is 6.07 Å².